The van der Waals surface area contributed by atoms with Crippen molar-refractivity contribution in [2.75, 3.05) is 33.3 Å². The monoisotopic (exact) mass is 297 g/mol. The predicted octanol–water partition coefficient (Wildman–Crippen LogP) is 1.17. The van der Waals surface area contributed by atoms with Crippen molar-refractivity contribution in [3.05, 3.63) is 28.8 Å². The Labute approximate surface area is 124 Å². The predicted molar refractivity (Wildman–Crippen MR) is 79.0 cm³/mol. The zero-order valence-electron chi connectivity index (χ0n) is 11.6. The van der Waals surface area contributed by atoms with E-state index in [0.29, 0.717) is 16.3 Å². The Bertz CT molecular complexity index is 473. The van der Waals surface area contributed by atoms with Crippen LogP contribution < -0.4 is 15.8 Å². The van der Waals surface area contributed by atoms with Gasteiger partial charge < -0.3 is 15.8 Å². The van der Waals surface area contributed by atoms with Crippen LogP contribution in [0.1, 0.15) is 18.0 Å². The average Bonchev–Trinajstić information content (AvgIpc) is 2.69. The zero-order chi connectivity index (χ0) is 14.5. The minimum absolute atomic E-state index is 0.404. The van der Waals surface area contributed by atoms with Gasteiger partial charge in [0.2, 0.25) is 5.91 Å². The molecule has 0 aromatic heterocycles. The Balaban J connectivity index is 2.40. The van der Waals surface area contributed by atoms with Gasteiger partial charge in [0.25, 0.3) is 0 Å². The molecule has 0 radical (unpaired) electrons. The number of carbonyl (C=O) groups is 1. The van der Waals surface area contributed by atoms with Crippen molar-refractivity contribution in [3.8, 4) is 5.75 Å². The van der Waals surface area contributed by atoms with Crippen molar-refractivity contribution >= 4 is 17.5 Å². The number of nitrogens with zero attached hydrogens (tertiary/aromatic N) is 1. The molecule has 0 bridgehead atoms. The second kappa shape index (κ2) is 6.92. The molecule has 1 saturated heterocycles. The van der Waals surface area contributed by atoms with Crippen molar-refractivity contribution in [3.63, 3.8) is 0 Å². The molecule has 6 heteroatoms. The highest BCUT2D eigenvalue weighted by Crippen LogP contribution is 2.35. The van der Waals surface area contributed by atoms with E-state index < -0.39 is 11.9 Å². The molecular weight excluding hydrogens is 278 g/mol. The van der Waals surface area contributed by atoms with E-state index in [0.717, 1.165) is 32.6 Å². The second-order valence-corrected chi connectivity index (χ2v) is 5.21. The lowest BCUT2D eigenvalue weighted by Crippen LogP contribution is -2.40. The summed E-state index contributed by atoms with van der Waals surface area (Å²) in [5, 5.41) is 3.81. The van der Waals surface area contributed by atoms with Gasteiger partial charge in [0.1, 0.15) is 11.8 Å². The van der Waals surface area contributed by atoms with Gasteiger partial charge in [-0.3, -0.25) is 9.69 Å². The summed E-state index contributed by atoms with van der Waals surface area (Å²) in [5.74, 6) is 0.191. The van der Waals surface area contributed by atoms with Crippen molar-refractivity contribution in [2.45, 2.75) is 12.5 Å². The van der Waals surface area contributed by atoms with Gasteiger partial charge in [0, 0.05) is 30.2 Å². The normalized spacial score (nSPS) is 18.3. The third-order valence-electron chi connectivity index (χ3n) is 3.52. The van der Waals surface area contributed by atoms with Gasteiger partial charge in [-0.15, -0.1) is 0 Å². The lowest BCUT2D eigenvalue weighted by molar-refractivity contribution is -0.123. The molecule has 1 aromatic rings. The van der Waals surface area contributed by atoms with Gasteiger partial charge in [-0.05, 0) is 25.1 Å². The van der Waals surface area contributed by atoms with Crippen LogP contribution in [-0.2, 0) is 4.79 Å². The van der Waals surface area contributed by atoms with E-state index in [-0.39, 0.29) is 0 Å². The van der Waals surface area contributed by atoms with Gasteiger partial charge in [-0.2, -0.15) is 0 Å². The summed E-state index contributed by atoms with van der Waals surface area (Å²) in [5.41, 5.74) is 6.29. The molecule has 5 nitrogen and oxygen atoms in total. The number of primary amides is 1. The number of hydrogen-bond acceptors (Lipinski definition) is 4. The number of halogens is 1. The van der Waals surface area contributed by atoms with Crippen LogP contribution in [-0.4, -0.2) is 44.1 Å². The summed E-state index contributed by atoms with van der Waals surface area (Å²) in [4.78, 5) is 14.0. The quantitative estimate of drug-likeness (QED) is 0.875. The van der Waals surface area contributed by atoms with E-state index in [1.165, 1.54) is 0 Å². The number of nitrogens with two attached hydrogens (primary N) is 1. The summed E-state index contributed by atoms with van der Waals surface area (Å²) in [6.45, 7) is 3.33. The number of methoxy groups -OCH3 is 1. The smallest absolute Gasteiger partial charge is 0.239 e. The fraction of sp³-hybridized carbons (Fsp3) is 0.500. The van der Waals surface area contributed by atoms with Crippen molar-refractivity contribution in [2.24, 2.45) is 5.73 Å². The van der Waals surface area contributed by atoms with E-state index in [2.05, 4.69) is 10.2 Å². The van der Waals surface area contributed by atoms with Crippen molar-refractivity contribution in [1.29, 1.82) is 0 Å². The van der Waals surface area contributed by atoms with Crippen LogP contribution in [0.2, 0.25) is 5.02 Å². The van der Waals surface area contributed by atoms with E-state index in [9.17, 15) is 4.79 Å². The molecule has 1 aliphatic rings. The summed E-state index contributed by atoms with van der Waals surface area (Å²) in [6.07, 6.45) is 0.969. The molecule has 110 valence electrons. The van der Waals surface area contributed by atoms with Gasteiger partial charge in [0.05, 0.1) is 7.11 Å². The first kappa shape index (κ1) is 15.1. The van der Waals surface area contributed by atoms with E-state index >= 15 is 0 Å². The SMILES string of the molecule is COc1cccc(Cl)c1C(C(N)=O)N1CCCNCC1. The highest BCUT2D eigenvalue weighted by atomic mass is 35.5. The van der Waals surface area contributed by atoms with Crippen molar-refractivity contribution in [1.82, 2.24) is 10.2 Å². The number of carbonyl (C=O) groups excluding carboxylic acids is 1. The zero-order valence-corrected chi connectivity index (χ0v) is 12.3. The van der Waals surface area contributed by atoms with E-state index in [1.807, 2.05) is 0 Å². The molecule has 1 aromatic carbocycles. The number of benzene rings is 1. The summed E-state index contributed by atoms with van der Waals surface area (Å²) in [7, 11) is 1.57. The minimum atomic E-state index is -0.557. The molecule has 1 fully saturated rings. The average molecular weight is 298 g/mol. The summed E-state index contributed by atoms with van der Waals surface area (Å²) >= 11 is 6.28. The minimum Gasteiger partial charge on any atom is -0.496 e. The lowest BCUT2D eigenvalue weighted by atomic mass is 10.0. The van der Waals surface area contributed by atoms with E-state index in [4.69, 9.17) is 22.1 Å². The molecule has 1 unspecified atom stereocenters. The van der Waals surface area contributed by atoms with Crippen molar-refractivity contribution < 1.29 is 9.53 Å². The molecule has 20 heavy (non-hydrogen) atoms. The number of ether oxygens (including phenoxy) is 1. The van der Waals surface area contributed by atoms with Gasteiger partial charge >= 0.3 is 0 Å². The van der Waals surface area contributed by atoms with E-state index in [1.54, 1.807) is 25.3 Å². The first-order chi connectivity index (χ1) is 9.65. The Hall–Kier alpha value is -1.30. The maximum absolute atomic E-state index is 12.0. The van der Waals surface area contributed by atoms with Crippen LogP contribution in [0.5, 0.6) is 5.75 Å². The first-order valence-electron chi connectivity index (χ1n) is 6.71. The Morgan fingerprint density at radius 1 is 1.45 bits per heavy atom. The fourth-order valence-electron chi connectivity index (χ4n) is 2.59. The topological polar surface area (TPSA) is 67.6 Å². The molecule has 3 N–H and O–H groups in total. The van der Waals surface area contributed by atoms with Crippen LogP contribution in [0.15, 0.2) is 18.2 Å². The largest absolute Gasteiger partial charge is 0.496 e. The first-order valence-corrected chi connectivity index (χ1v) is 7.09. The molecule has 1 atom stereocenters. The molecule has 1 aliphatic heterocycles. The lowest BCUT2D eigenvalue weighted by Gasteiger charge is -2.29. The van der Waals surface area contributed by atoms with Crippen LogP contribution in [0.25, 0.3) is 0 Å². The Morgan fingerprint density at radius 3 is 2.95 bits per heavy atom. The number of hydrogen-bond donors (Lipinski definition) is 2. The molecule has 1 heterocycles. The fourth-order valence-corrected chi connectivity index (χ4v) is 2.86. The Morgan fingerprint density at radius 2 is 2.25 bits per heavy atom. The molecule has 0 saturated carbocycles. The molecule has 0 spiro atoms. The highest BCUT2D eigenvalue weighted by molar-refractivity contribution is 6.31. The van der Waals surface area contributed by atoms with Crippen LogP contribution in [0.3, 0.4) is 0 Å². The van der Waals surface area contributed by atoms with Gasteiger partial charge in [-0.25, -0.2) is 0 Å². The second-order valence-electron chi connectivity index (χ2n) is 4.80. The van der Waals surface area contributed by atoms with Crippen LogP contribution in [0, 0.1) is 0 Å². The third kappa shape index (κ3) is 3.23. The van der Waals surface area contributed by atoms with Gasteiger partial charge in [0.15, 0.2) is 0 Å². The number of nitrogens with one attached hydrogen (secondary N) is 1. The highest BCUT2D eigenvalue weighted by Gasteiger charge is 2.30. The number of rotatable bonds is 4. The molecular formula is C14H20ClN3O2. The maximum Gasteiger partial charge on any atom is 0.239 e. The maximum atomic E-state index is 12.0. The summed E-state index contributed by atoms with van der Waals surface area (Å²) < 4.78 is 5.34. The summed E-state index contributed by atoms with van der Waals surface area (Å²) in [6, 6.07) is 4.80. The molecule has 2 rings (SSSR count). The van der Waals surface area contributed by atoms with Crippen LogP contribution in [0.4, 0.5) is 0 Å². The number of amides is 1. The molecule has 0 aliphatic carbocycles. The molecule has 1 amide bonds. The Kier molecular flexibility index (Phi) is 5.23. The van der Waals surface area contributed by atoms with Gasteiger partial charge in [-0.1, -0.05) is 17.7 Å². The standard InChI is InChI=1S/C14H20ClN3O2/c1-20-11-5-2-4-10(15)12(11)13(14(16)19)18-8-3-6-17-7-9-18/h2,4-5,13,17H,3,6-9H2,1H3,(H2,16,19). The van der Waals surface area contributed by atoms with Crippen LogP contribution >= 0.6 is 11.6 Å². The third-order valence-corrected chi connectivity index (χ3v) is 3.85.